The van der Waals surface area contributed by atoms with Gasteiger partial charge in [0.15, 0.2) is 0 Å². The Labute approximate surface area is 151 Å². The van der Waals surface area contributed by atoms with Crippen molar-refractivity contribution in [1.29, 1.82) is 0 Å². The Kier molecular flexibility index (Phi) is 6.10. The van der Waals surface area contributed by atoms with Gasteiger partial charge >= 0.3 is 59.1 Å². The molecular formula is C14H10Na2O2. The molecule has 0 saturated heterocycles. The van der Waals surface area contributed by atoms with E-state index in [9.17, 15) is 10.2 Å². The van der Waals surface area contributed by atoms with Gasteiger partial charge in [-0.05, 0) is 0 Å². The molecule has 0 bridgehead atoms. The van der Waals surface area contributed by atoms with E-state index >= 15 is 0 Å². The Morgan fingerprint density at radius 2 is 0.778 bits per heavy atom. The molecule has 2 nitrogen and oxygen atoms in total. The minimum absolute atomic E-state index is 0. The Hall–Kier alpha value is 0.360. The molecule has 0 aliphatic heterocycles. The van der Waals surface area contributed by atoms with Crippen molar-refractivity contribution in [2.75, 3.05) is 0 Å². The van der Waals surface area contributed by atoms with Crippen LogP contribution in [0.4, 0.5) is 0 Å². The van der Waals surface area contributed by atoms with Gasteiger partial charge in [0.05, 0.1) is 0 Å². The largest absolute Gasteiger partial charge is 1.00 e. The summed E-state index contributed by atoms with van der Waals surface area (Å²) in [6.45, 7) is 0. The second-order valence-corrected chi connectivity index (χ2v) is 4.02. The van der Waals surface area contributed by atoms with Crippen molar-refractivity contribution in [3.8, 4) is 0 Å². The maximum absolute atomic E-state index is 12.2. The monoisotopic (exact) mass is 256 g/mol. The SMILES string of the molecule is [Na+].[Na+].[O-]C1c2ccccc2C([O-])c2ccccc21. The molecule has 1 aliphatic rings. The van der Waals surface area contributed by atoms with Gasteiger partial charge < -0.3 is 10.2 Å². The van der Waals surface area contributed by atoms with Crippen LogP contribution in [0, 0.1) is 0 Å². The predicted octanol–water partition coefficient (Wildman–Crippen LogP) is -5.09. The zero-order chi connectivity index (χ0) is 11.1. The fourth-order valence-electron chi connectivity index (χ4n) is 2.31. The van der Waals surface area contributed by atoms with Crippen molar-refractivity contribution in [3.05, 3.63) is 70.8 Å². The van der Waals surface area contributed by atoms with E-state index in [1.165, 1.54) is 0 Å². The second-order valence-electron chi connectivity index (χ2n) is 4.02. The molecule has 0 amide bonds. The molecule has 0 radical (unpaired) electrons. The third kappa shape index (κ3) is 2.62. The van der Waals surface area contributed by atoms with Gasteiger partial charge in [0.1, 0.15) is 0 Å². The summed E-state index contributed by atoms with van der Waals surface area (Å²) in [5.74, 6) is 0. The second kappa shape index (κ2) is 6.69. The number of hydrogen-bond donors (Lipinski definition) is 0. The van der Waals surface area contributed by atoms with Gasteiger partial charge in [0, 0.05) is 0 Å². The molecule has 0 saturated carbocycles. The van der Waals surface area contributed by atoms with Crippen LogP contribution in [0.1, 0.15) is 34.5 Å². The topological polar surface area (TPSA) is 46.1 Å². The van der Waals surface area contributed by atoms with E-state index in [4.69, 9.17) is 0 Å². The fourth-order valence-corrected chi connectivity index (χ4v) is 2.31. The number of benzene rings is 2. The number of fused-ring (bicyclic) bond motifs is 2. The van der Waals surface area contributed by atoms with E-state index in [0.717, 1.165) is 0 Å². The molecule has 0 atom stereocenters. The Balaban J connectivity index is 0.000000810. The van der Waals surface area contributed by atoms with Crippen molar-refractivity contribution >= 4 is 0 Å². The first-order valence-electron chi connectivity index (χ1n) is 5.28. The van der Waals surface area contributed by atoms with Crippen LogP contribution < -0.4 is 69.3 Å². The van der Waals surface area contributed by atoms with E-state index in [1.54, 1.807) is 24.3 Å². The van der Waals surface area contributed by atoms with Crippen molar-refractivity contribution in [2.24, 2.45) is 0 Å². The number of rotatable bonds is 0. The summed E-state index contributed by atoms with van der Waals surface area (Å²) in [7, 11) is 0. The molecule has 4 heteroatoms. The summed E-state index contributed by atoms with van der Waals surface area (Å²) in [6.07, 6.45) is -1.84. The van der Waals surface area contributed by atoms with E-state index in [2.05, 4.69) is 0 Å². The first-order valence-corrected chi connectivity index (χ1v) is 5.28. The van der Waals surface area contributed by atoms with E-state index in [1.807, 2.05) is 24.3 Å². The summed E-state index contributed by atoms with van der Waals surface area (Å²) in [6, 6.07) is 14.3. The molecule has 0 N–H and O–H groups in total. The van der Waals surface area contributed by atoms with Gasteiger partial charge in [-0.2, -0.15) is 0 Å². The van der Waals surface area contributed by atoms with Crippen LogP contribution in [0.3, 0.4) is 0 Å². The molecule has 1 aliphatic carbocycles. The molecule has 2 aromatic rings. The molecule has 0 spiro atoms. The Morgan fingerprint density at radius 3 is 1.00 bits per heavy atom. The van der Waals surface area contributed by atoms with Gasteiger partial charge in [-0.15, -0.1) is 0 Å². The smallest absolute Gasteiger partial charge is 0.845 e. The fraction of sp³-hybridized carbons (Fsp3) is 0.143. The van der Waals surface area contributed by atoms with Crippen molar-refractivity contribution in [2.45, 2.75) is 12.2 Å². The van der Waals surface area contributed by atoms with Gasteiger partial charge in [-0.3, -0.25) is 0 Å². The molecule has 3 rings (SSSR count). The van der Waals surface area contributed by atoms with Gasteiger partial charge in [-0.25, -0.2) is 0 Å². The first kappa shape index (κ1) is 16.4. The van der Waals surface area contributed by atoms with Crippen LogP contribution in [0.25, 0.3) is 0 Å². The molecule has 2 aromatic carbocycles. The number of hydrogen-bond acceptors (Lipinski definition) is 2. The minimum atomic E-state index is -0.919. The summed E-state index contributed by atoms with van der Waals surface area (Å²) < 4.78 is 0. The third-order valence-electron chi connectivity index (χ3n) is 3.12. The average molecular weight is 256 g/mol. The molecule has 0 heterocycles. The van der Waals surface area contributed by atoms with Gasteiger partial charge in [0.25, 0.3) is 0 Å². The molecule has 0 unspecified atom stereocenters. The normalized spacial score (nSPS) is 19.9. The zero-order valence-electron chi connectivity index (χ0n) is 10.6. The average Bonchev–Trinajstić information content (AvgIpc) is 2.36. The predicted molar refractivity (Wildman–Crippen MR) is 56.6 cm³/mol. The van der Waals surface area contributed by atoms with Crippen molar-refractivity contribution in [3.63, 3.8) is 0 Å². The molecule has 18 heavy (non-hydrogen) atoms. The van der Waals surface area contributed by atoms with E-state index < -0.39 is 12.2 Å². The van der Waals surface area contributed by atoms with Gasteiger partial charge in [0.2, 0.25) is 0 Å². The molecule has 0 aromatic heterocycles. The van der Waals surface area contributed by atoms with Crippen LogP contribution in [0.5, 0.6) is 0 Å². The van der Waals surface area contributed by atoms with E-state index in [-0.39, 0.29) is 59.1 Å². The summed E-state index contributed by atoms with van der Waals surface area (Å²) >= 11 is 0. The van der Waals surface area contributed by atoms with Crippen molar-refractivity contribution in [1.82, 2.24) is 0 Å². The Morgan fingerprint density at radius 1 is 0.556 bits per heavy atom. The van der Waals surface area contributed by atoms with Gasteiger partial charge in [-0.1, -0.05) is 83.0 Å². The summed E-state index contributed by atoms with van der Waals surface area (Å²) in [5.41, 5.74) is 2.50. The zero-order valence-corrected chi connectivity index (χ0v) is 14.6. The third-order valence-corrected chi connectivity index (χ3v) is 3.12. The maximum atomic E-state index is 12.2. The quantitative estimate of drug-likeness (QED) is 0.443. The Bertz CT molecular complexity index is 447. The molecular weight excluding hydrogens is 246 g/mol. The van der Waals surface area contributed by atoms with Crippen LogP contribution in [0.15, 0.2) is 48.5 Å². The van der Waals surface area contributed by atoms with E-state index in [0.29, 0.717) is 22.3 Å². The first-order chi connectivity index (χ1) is 7.79. The standard InChI is InChI=1S/C14H10O2.2Na/c15-13-9-5-1-2-6-10(9)14(16)12-8-4-3-7-11(12)13;;/h1-8,13-14H;;/q-2;2*+1. The maximum Gasteiger partial charge on any atom is 1.00 e. The summed E-state index contributed by atoms with van der Waals surface area (Å²) in [4.78, 5) is 0. The molecule has 0 fully saturated rings. The van der Waals surface area contributed by atoms with Crippen LogP contribution in [0.2, 0.25) is 0 Å². The minimum Gasteiger partial charge on any atom is -0.845 e. The molecule has 80 valence electrons. The van der Waals surface area contributed by atoms with Crippen LogP contribution >= 0.6 is 0 Å². The van der Waals surface area contributed by atoms with Crippen LogP contribution in [-0.4, -0.2) is 0 Å². The summed E-state index contributed by atoms with van der Waals surface area (Å²) in [5, 5.41) is 24.4. The van der Waals surface area contributed by atoms with Crippen molar-refractivity contribution < 1.29 is 69.3 Å². The van der Waals surface area contributed by atoms with Crippen LogP contribution in [-0.2, 0) is 0 Å².